The van der Waals surface area contributed by atoms with E-state index in [1.54, 1.807) is 12.4 Å². The highest BCUT2D eigenvalue weighted by Gasteiger charge is 2.28. The van der Waals surface area contributed by atoms with Crippen molar-refractivity contribution in [1.29, 1.82) is 0 Å². The summed E-state index contributed by atoms with van der Waals surface area (Å²) >= 11 is 0. The average molecular weight is 285 g/mol. The van der Waals surface area contributed by atoms with Gasteiger partial charge in [-0.15, -0.1) is 0 Å². The van der Waals surface area contributed by atoms with Crippen LogP contribution in [0, 0.1) is 0 Å². The first-order valence-electron chi connectivity index (χ1n) is 7.21. The van der Waals surface area contributed by atoms with Crippen molar-refractivity contribution in [3.05, 3.63) is 35.9 Å². The molecule has 21 heavy (non-hydrogen) atoms. The van der Waals surface area contributed by atoms with E-state index in [0.29, 0.717) is 36.5 Å². The number of ether oxygens (including phenoxy) is 1. The molecule has 0 spiro atoms. The fraction of sp³-hybridized carbons (Fsp3) is 0.400. The van der Waals surface area contributed by atoms with Crippen molar-refractivity contribution in [3.63, 3.8) is 0 Å². The number of nitrogens with zero attached hydrogens (tertiary/aromatic N) is 3. The van der Waals surface area contributed by atoms with Gasteiger partial charge < -0.3 is 15.8 Å². The van der Waals surface area contributed by atoms with Crippen LogP contribution in [0.3, 0.4) is 0 Å². The molecule has 0 saturated heterocycles. The summed E-state index contributed by atoms with van der Waals surface area (Å²) in [5, 5.41) is 3.27. The van der Waals surface area contributed by atoms with E-state index in [2.05, 4.69) is 20.3 Å². The van der Waals surface area contributed by atoms with Gasteiger partial charge in [-0.25, -0.2) is 4.98 Å². The highest BCUT2D eigenvalue weighted by Crippen LogP contribution is 2.40. The third kappa shape index (κ3) is 3.21. The number of anilines is 2. The summed E-state index contributed by atoms with van der Waals surface area (Å²) in [7, 11) is 0. The number of nitrogen functional groups attached to an aromatic ring is 1. The highest BCUT2D eigenvalue weighted by atomic mass is 16.5. The Labute approximate surface area is 123 Å². The minimum absolute atomic E-state index is 0.450. The van der Waals surface area contributed by atoms with Crippen LogP contribution in [0.4, 0.5) is 11.5 Å². The van der Waals surface area contributed by atoms with Crippen LogP contribution in [0.15, 0.2) is 24.5 Å². The lowest BCUT2D eigenvalue weighted by atomic mass is 10.2. The zero-order valence-electron chi connectivity index (χ0n) is 12.0. The molecule has 2 aromatic rings. The second kappa shape index (κ2) is 5.95. The number of hydrogen-bond donors (Lipinski definition) is 2. The normalized spacial score (nSPS) is 14.0. The number of nitrogens with two attached hydrogens (primary N) is 1. The standard InChI is InChI=1S/C15H19N5O/c1-2-21-15-12(16)14(19-13(20-15)11-3-4-11)18-9-10-5-7-17-8-6-10/h5-8,11H,2-4,9,16H2,1H3,(H,18,19,20). The molecule has 0 bridgehead atoms. The van der Waals surface area contributed by atoms with E-state index < -0.39 is 0 Å². The lowest BCUT2D eigenvalue weighted by Crippen LogP contribution is -2.10. The first kappa shape index (κ1) is 13.6. The molecule has 3 N–H and O–H groups in total. The molecule has 6 heteroatoms. The van der Waals surface area contributed by atoms with Crippen LogP contribution in [0.5, 0.6) is 5.88 Å². The second-order valence-corrected chi connectivity index (χ2v) is 5.07. The molecule has 1 fully saturated rings. The maximum atomic E-state index is 6.10. The maximum Gasteiger partial charge on any atom is 0.242 e. The molecular formula is C15H19N5O. The summed E-state index contributed by atoms with van der Waals surface area (Å²) in [5.41, 5.74) is 7.69. The molecule has 3 rings (SSSR count). The zero-order valence-corrected chi connectivity index (χ0v) is 12.0. The van der Waals surface area contributed by atoms with Crippen LogP contribution in [-0.4, -0.2) is 21.6 Å². The summed E-state index contributed by atoms with van der Waals surface area (Å²) in [4.78, 5) is 13.0. The van der Waals surface area contributed by atoms with E-state index in [9.17, 15) is 0 Å². The largest absolute Gasteiger partial charge is 0.476 e. The SMILES string of the molecule is CCOc1nc(C2CC2)nc(NCc2ccncc2)c1N. The van der Waals surface area contributed by atoms with E-state index in [0.717, 1.165) is 24.2 Å². The first-order chi connectivity index (χ1) is 10.3. The van der Waals surface area contributed by atoms with Gasteiger partial charge >= 0.3 is 0 Å². The molecule has 1 aliphatic rings. The molecule has 6 nitrogen and oxygen atoms in total. The minimum atomic E-state index is 0.450. The molecule has 1 saturated carbocycles. The number of hydrogen-bond acceptors (Lipinski definition) is 6. The quantitative estimate of drug-likeness (QED) is 0.847. The smallest absolute Gasteiger partial charge is 0.242 e. The Hall–Kier alpha value is -2.37. The molecular weight excluding hydrogens is 266 g/mol. The third-order valence-electron chi connectivity index (χ3n) is 3.36. The molecule has 0 amide bonds. The van der Waals surface area contributed by atoms with Gasteiger partial charge in [0.05, 0.1) is 6.61 Å². The molecule has 0 unspecified atom stereocenters. The average Bonchev–Trinajstić information content (AvgIpc) is 3.34. The van der Waals surface area contributed by atoms with E-state index in [4.69, 9.17) is 10.5 Å². The molecule has 2 heterocycles. The lowest BCUT2D eigenvalue weighted by molar-refractivity contribution is 0.327. The van der Waals surface area contributed by atoms with Crippen molar-refractivity contribution in [2.24, 2.45) is 0 Å². The van der Waals surface area contributed by atoms with Gasteiger partial charge in [-0.1, -0.05) is 0 Å². The van der Waals surface area contributed by atoms with Crippen LogP contribution in [0.25, 0.3) is 0 Å². The number of rotatable bonds is 6. The van der Waals surface area contributed by atoms with Gasteiger partial charge in [-0.2, -0.15) is 4.98 Å². The van der Waals surface area contributed by atoms with Crippen LogP contribution in [-0.2, 0) is 6.54 Å². The minimum Gasteiger partial charge on any atom is -0.476 e. The molecule has 0 radical (unpaired) electrons. The van der Waals surface area contributed by atoms with Crippen LogP contribution >= 0.6 is 0 Å². The molecule has 0 aromatic carbocycles. The van der Waals surface area contributed by atoms with Crippen LogP contribution in [0.1, 0.15) is 37.1 Å². The predicted octanol–water partition coefficient (Wildman–Crippen LogP) is 2.34. The predicted molar refractivity (Wildman–Crippen MR) is 81.2 cm³/mol. The Balaban J connectivity index is 1.82. The Morgan fingerprint density at radius 3 is 2.71 bits per heavy atom. The molecule has 110 valence electrons. The van der Waals surface area contributed by atoms with Crippen molar-refractivity contribution >= 4 is 11.5 Å². The van der Waals surface area contributed by atoms with Crippen molar-refractivity contribution in [2.75, 3.05) is 17.7 Å². The van der Waals surface area contributed by atoms with Crippen molar-refractivity contribution in [1.82, 2.24) is 15.0 Å². The Morgan fingerprint density at radius 2 is 2.05 bits per heavy atom. The Kier molecular flexibility index (Phi) is 3.85. The zero-order chi connectivity index (χ0) is 14.7. The summed E-state index contributed by atoms with van der Waals surface area (Å²) < 4.78 is 5.52. The van der Waals surface area contributed by atoms with Gasteiger partial charge in [0, 0.05) is 24.9 Å². The highest BCUT2D eigenvalue weighted by molar-refractivity contribution is 5.67. The Morgan fingerprint density at radius 1 is 1.29 bits per heavy atom. The summed E-state index contributed by atoms with van der Waals surface area (Å²) in [5.74, 6) is 2.40. The Bertz CT molecular complexity index is 613. The van der Waals surface area contributed by atoms with Gasteiger partial charge in [-0.05, 0) is 37.5 Å². The summed E-state index contributed by atoms with van der Waals surface area (Å²) in [6.45, 7) is 3.09. The monoisotopic (exact) mass is 285 g/mol. The van der Waals surface area contributed by atoms with E-state index in [1.165, 1.54) is 0 Å². The van der Waals surface area contributed by atoms with Crippen molar-refractivity contribution < 1.29 is 4.74 Å². The number of nitrogens with one attached hydrogen (secondary N) is 1. The number of pyridine rings is 1. The van der Waals surface area contributed by atoms with Gasteiger partial charge in [-0.3, -0.25) is 4.98 Å². The van der Waals surface area contributed by atoms with Gasteiger partial charge in [0.25, 0.3) is 0 Å². The molecule has 0 aliphatic heterocycles. The number of aromatic nitrogens is 3. The topological polar surface area (TPSA) is 86.0 Å². The lowest BCUT2D eigenvalue weighted by Gasteiger charge is -2.13. The van der Waals surface area contributed by atoms with Gasteiger partial charge in [0.15, 0.2) is 5.82 Å². The fourth-order valence-corrected chi connectivity index (χ4v) is 2.06. The van der Waals surface area contributed by atoms with Gasteiger partial charge in [0.2, 0.25) is 5.88 Å². The van der Waals surface area contributed by atoms with Crippen LogP contribution in [0.2, 0.25) is 0 Å². The van der Waals surface area contributed by atoms with E-state index in [1.807, 2.05) is 19.1 Å². The second-order valence-electron chi connectivity index (χ2n) is 5.07. The van der Waals surface area contributed by atoms with Gasteiger partial charge in [0.1, 0.15) is 11.5 Å². The van der Waals surface area contributed by atoms with E-state index >= 15 is 0 Å². The third-order valence-corrected chi connectivity index (χ3v) is 3.36. The molecule has 2 aromatic heterocycles. The van der Waals surface area contributed by atoms with E-state index in [-0.39, 0.29) is 0 Å². The summed E-state index contributed by atoms with van der Waals surface area (Å²) in [6, 6.07) is 3.91. The van der Waals surface area contributed by atoms with Crippen molar-refractivity contribution in [3.8, 4) is 5.88 Å². The molecule has 1 aliphatic carbocycles. The fourth-order valence-electron chi connectivity index (χ4n) is 2.06. The maximum absolute atomic E-state index is 6.10. The first-order valence-corrected chi connectivity index (χ1v) is 7.21. The molecule has 0 atom stereocenters. The van der Waals surface area contributed by atoms with Crippen LogP contribution < -0.4 is 15.8 Å². The summed E-state index contributed by atoms with van der Waals surface area (Å²) in [6.07, 6.45) is 5.81. The van der Waals surface area contributed by atoms with Crippen molar-refractivity contribution in [2.45, 2.75) is 32.2 Å².